The lowest BCUT2D eigenvalue weighted by Crippen LogP contribution is -2.31. The van der Waals surface area contributed by atoms with E-state index < -0.39 is 0 Å². The van der Waals surface area contributed by atoms with E-state index in [1.54, 1.807) is 0 Å². The maximum absolute atomic E-state index is 10.9. The molecule has 0 aliphatic heterocycles. The van der Waals surface area contributed by atoms with Crippen molar-refractivity contribution in [2.45, 2.75) is 38.0 Å². The topological polar surface area (TPSA) is 55.1 Å². The summed E-state index contributed by atoms with van der Waals surface area (Å²) in [4.78, 5) is 10.9. The highest BCUT2D eigenvalue weighted by Crippen LogP contribution is 2.40. The zero-order chi connectivity index (χ0) is 12.3. The zero-order valence-electron chi connectivity index (χ0n) is 10.3. The maximum atomic E-state index is 10.9. The summed E-state index contributed by atoms with van der Waals surface area (Å²) in [6, 6.07) is 8.13. The average molecular weight is 232 g/mol. The van der Waals surface area contributed by atoms with E-state index in [0.29, 0.717) is 6.54 Å². The number of anilines is 1. The molecule has 92 valence electrons. The van der Waals surface area contributed by atoms with Gasteiger partial charge in [0.25, 0.3) is 0 Å². The Morgan fingerprint density at radius 3 is 2.35 bits per heavy atom. The second kappa shape index (κ2) is 4.88. The van der Waals surface area contributed by atoms with Gasteiger partial charge in [0.2, 0.25) is 5.91 Å². The molecule has 1 aromatic rings. The van der Waals surface area contributed by atoms with Crippen LogP contribution in [0.5, 0.6) is 0 Å². The van der Waals surface area contributed by atoms with Crippen LogP contribution in [0, 0.1) is 0 Å². The first-order chi connectivity index (χ1) is 8.16. The molecule has 1 aromatic carbocycles. The van der Waals surface area contributed by atoms with Crippen LogP contribution in [-0.2, 0) is 10.2 Å². The van der Waals surface area contributed by atoms with Crippen LogP contribution in [0.15, 0.2) is 24.3 Å². The van der Waals surface area contributed by atoms with Gasteiger partial charge in [0.05, 0.1) is 0 Å². The number of hydrogen-bond donors (Lipinski definition) is 2. The van der Waals surface area contributed by atoms with Crippen molar-refractivity contribution in [3.63, 3.8) is 0 Å². The molecule has 1 aliphatic rings. The van der Waals surface area contributed by atoms with Crippen molar-refractivity contribution >= 4 is 11.6 Å². The lowest BCUT2D eigenvalue weighted by atomic mass is 9.79. The third-order valence-corrected chi connectivity index (χ3v) is 3.77. The number of carbonyl (C=O) groups excluding carboxylic acids is 1. The Morgan fingerprint density at radius 1 is 1.29 bits per heavy atom. The number of hydrogen-bond acceptors (Lipinski definition) is 2. The van der Waals surface area contributed by atoms with E-state index in [1.165, 1.54) is 38.2 Å². The standard InChI is InChI=1S/C14H20N2O/c1-11(17)16-13-6-4-12(5-7-13)14(10-15)8-2-3-9-14/h4-7H,2-3,8-10,15H2,1H3,(H,16,17). The molecule has 1 amide bonds. The van der Waals surface area contributed by atoms with E-state index in [0.717, 1.165) is 5.69 Å². The molecule has 0 unspecified atom stereocenters. The van der Waals surface area contributed by atoms with E-state index in [9.17, 15) is 4.79 Å². The maximum Gasteiger partial charge on any atom is 0.221 e. The van der Waals surface area contributed by atoms with E-state index >= 15 is 0 Å². The Balaban J connectivity index is 2.19. The Kier molecular flexibility index (Phi) is 3.48. The van der Waals surface area contributed by atoms with E-state index in [2.05, 4.69) is 17.4 Å². The van der Waals surface area contributed by atoms with Gasteiger partial charge in [0.15, 0.2) is 0 Å². The second-order valence-corrected chi connectivity index (χ2v) is 4.95. The van der Waals surface area contributed by atoms with Gasteiger partial charge in [-0.1, -0.05) is 25.0 Å². The number of benzene rings is 1. The smallest absolute Gasteiger partial charge is 0.221 e. The first-order valence-electron chi connectivity index (χ1n) is 6.24. The molecule has 0 aromatic heterocycles. The fourth-order valence-electron chi connectivity index (χ4n) is 2.77. The van der Waals surface area contributed by atoms with Crippen molar-refractivity contribution in [1.82, 2.24) is 0 Å². The summed E-state index contributed by atoms with van der Waals surface area (Å²) >= 11 is 0. The van der Waals surface area contributed by atoms with Crippen molar-refractivity contribution in [2.75, 3.05) is 11.9 Å². The summed E-state index contributed by atoms with van der Waals surface area (Å²) in [6.45, 7) is 2.23. The quantitative estimate of drug-likeness (QED) is 0.841. The molecule has 17 heavy (non-hydrogen) atoms. The minimum Gasteiger partial charge on any atom is -0.330 e. The Hall–Kier alpha value is -1.35. The van der Waals surface area contributed by atoms with Gasteiger partial charge in [-0.15, -0.1) is 0 Å². The van der Waals surface area contributed by atoms with Crippen molar-refractivity contribution in [3.05, 3.63) is 29.8 Å². The highest BCUT2D eigenvalue weighted by atomic mass is 16.1. The summed E-state index contributed by atoms with van der Waals surface area (Å²) in [5, 5.41) is 2.78. The molecule has 0 atom stereocenters. The molecule has 0 spiro atoms. The summed E-state index contributed by atoms with van der Waals surface area (Å²) in [7, 11) is 0. The first-order valence-corrected chi connectivity index (χ1v) is 6.24. The van der Waals surface area contributed by atoms with Crippen LogP contribution in [0.3, 0.4) is 0 Å². The third-order valence-electron chi connectivity index (χ3n) is 3.77. The monoisotopic (exact) mass is 232 g/mol. The predicted octanol–water partition coefficient (Wildman–Crippen LogP) is 2.42. The minimum atomic E-state index is -0.0350. The molecular formula is C14H20N2O. The van der Waals surface area contributed by atoms with Crippen LogP contribution < -0.4 is 11.1 Å². The number of nitrogens with one attached hydrogen (secondary N) is 1. The Bertz CT molecular complexity index is 391. The largest absolute Gasteiger partial charge is 0.330 e. The SMILES string of the molecule is CC(=O)Nc1ccc(C2(CN)CCCC2)cc1. The Morgan fingerprint density at radius 2 is 1.88 bits per heavy atom. The fourth-order valence-corrected chi connectivity index (χ4v) is 2.77. The third kappa shape index (κ3) is 2.50. The van der Waals surface area contributed by atoms with Crippen LogP contribution >= 0.6 is 0 Å². The molecule has 3 nitrogen and oxygen atoms in total. The van der Waals surface area contributed by atoms with Gasteiger partial charge in [-0.3, -0.25) is 4.79 Å². The van der Waals surface area contributed by atoms with Crippen LogP contribution in [0.1, 0.15) is 38.2 Å². The highest BCUT2D eigenvalue weighted by Gasteiger charge is 2.33. The van der Waals surface area contributed by atoms with Gasteiger partial charge in [-0.2, -0.15) is 0 Å². The predicted molar refractivity (Wildman–Crippen MR) is 69.9 cm³/mol. The molecule has 3 heteroatoms. The molecular weight excluding hydrogens is 212 g/mol. The van der Waals surface area contributed by atoms with E-state index in [-0.39, 0.29) is 11.3 Å². The van der Waals surface area contributed by atoms with Crippen LogP contribution in [0.4, 0.5) is 5.69 Å². The highest BCUT2D eigenvalue weighted by molar-refractivity contribution is 5.88. The number of nitrogens with two attached hydrogens (primary N) is 1. The van der Waals surface area contributed by atoms with Crippen molar-refractivity contribution in [3.8, 4) is 0 Å². The van der Waals surface area contributed by atoms with Gasteiger partial charge in [-0.25, -0.2) is 0 Å². The zero-order valence-corrected chi connectivity index (χ0v) is 10.3. The Labute approximate surface area is 102 Å². The summed E-state index contributed by atoms with van der Waals surface area (Å²) in [5.74, 6) is -0.0350. The average Bonchev–Trinajstić information content (AvgIpc) is 2.79. The molecule has 0 saturated heterocycles. The van der Waals surface area contributed by atoms with Gasteiger partial charge in [0, 0.05) is 24.6 Å². The van der Waals surface area contributed by atoms with Gasteiger partial charge in [-0.05, 0) is 30.5 Å². The van der Waals surface area contributed by atoms with Crippen LogP contribution in [-0.4, -0.2) is 12.5 Å². The van der Waals surface area contributed by atoms with Crippen LogP contribution in [0.2, 0.25) is 0 Å². The molecule has 1 aliphatic carbocycles. The number of carbonyl (C=O) groups is 1. The fraction of sp³-hybridized carbons (Fsp3) is 0.500. The molecule has 1 fully saturated rings. The van der Waals surface area contributed by atoms with Gasteiger partial charge < -0.3 is 11.1 Å². The van der Waals surface area contributed by atoms with Crippen LogP contribution in [0.25, 0.3) is 0 Å². The summed E-state index contributed by atoms with van der Waals surface area (Å²) < 4.78 is 0. The molecule has 2 rings (SSSR count). The number of amides is 1. The van der Waals surface area contributed by atoms with E-state index in [4.69, 9.17) is 5.73 Å². The second-order valence-electron chi connectivity index (χ2n) is 4.95. The summed E-state index contributed by atoms with van der Waals surface area (Å²) in [6.07, 6.45) is 4.90. The van der Waals surface area contributed by atoms with E-state index in [1.807, 2.05) is 12.1 Å². The lowest BCUT2D eigenvalue weighted by molar-refractivity contribution is -0.114. The van der Waals surface area contributed by atoms with Crippen molar-refractivity contribution < 1.29 is 4.79 Å². The lowest BCUT2D eigenvalue weighted by Gasteiger charge is -2.28. The molecule has 0 radical (unpaired) electrons. The normalized spacial score (nSPS) is 18.0. The van der Waals surface area contributed by atoms with Gasteiger partial charge in [0.1, 0.15) is 0 Å². The van der Waals surface area contributed by atoms with Gasteiger partial charge >= 0.3 is 0 Å². The molecule has 1 saturated carbocycles. The minimum absolute atomic E-state index is 0.0350. The first kappa shape index (κ1) is 12.1. The number of rotatable bonds is 3. The van der Waals surface area contributed by atoms with Crippen molar-refractivity contribution in [2.24, 2.45) is 5.73 Å². The molecule has 3 N–H and O–H groups in total. The summed E-state index contributed by atoms with van der Waals surface area (Å²) in [5.41, 5.74) is 8.29. The molecule has 0 heterocycles. The van der Waals surface area contributed by atoms with Crippen molar-refractivity contribution in [1.29, 1.82) is 0 Å². The molecule has 0 bridgehead atoms.